The van der Waals surface area contributed by atoms with E-state index < -0.39 is 4.32 Å². The fourth-order valence-corrected chi connectivity index (χ4v) is 1.84. The molecule has 1 aliphatic heterocycles. The first kappa shape index (κ1) is 8.75. The van der Waals surface area contributed by atoms with Crippen LogP contribution in [0.5, 0.6) is 0 Å². The van der Waals surface area contributed by atoms with Crippen LogP contribution in [-0.2, 0) is 9.53 Å². The summed E-state index contributed by atoms with van der Waals surface area (Å²) >= 11 is 3.36. The molecule has 2 rings (SSSR count). The molecule has 0 N–H and O–H groups in total. The van der Waals surface area contributed by atoms with E-state index in [4.69, 9.17) is 4.74 Å². The first-order valence-electron chi connectivity index (χ1n) is 4.07. The highest BCUT2D eigenvalue weighted by molar-refractivity contribution is 9.10. The molecule has 0 amide bonds. The van der Waals surface area contributed by atoms with Crippen LogP contribution in [-0.4, -0.2) is 10.3 Å². The zero-order chi connectivity index (χ0) is 9.47. The van der Waals surface area contributed by atoms with Crippen molar-refractivity contribution in [2.75, 3.05) is 0 Å². The lowest BCUT2D eigenvalue weighted by molar-refractivity contribution is -0.177. The third-order valence-corrected chi connectivity index (χ3v) is 2.96. The lowest BCUT2D eigenvalue weighted by Crippen LogP contribution is -2.49. The Labute approximate surface area is 85.0 Å². The largest absolute Gasteiger partial charge is 0.454 e. The van der Waals surface area contributed by atoms with E-state index in [0.29, 0.717) is 0 Å². The van der Waals surface area contributed by atoms with Gasteiger partial charge in [-0.1, -0.05) is 46.3 Å². The quantitative estimate of drug-likeness (QED) is 0.557. The molecule has 0 unspecified atom stereocenters. The number of rotatable bonds is 1. The van der Waals surface area contributed by atoms with Crippen molar-refractivity contribution in [2.24, 2.45) is 0 Å². The Hall–Kier alpha value is -0.830. The second-order valence-electron chi connectivity index (χ2n) is 3.27. The summed E-state index contributed by atoms with van der Waals surface area (Å²) in [5.74, 6) is -0.193. The Morgan fingerprint density at radius 2 is 2.00 bits per heavy atom. The maximum absolute atomic E-state index is 11.1. The van der Waals surface area contributed by atoms with Gasteiger partial charge in [0.15, 0.2) is 10.4 Å². The summed E-state index contributed by atoms with van der Waals surface area (Å²) in [6.45, 7) is 1.83. The van der Waals surface area contributed by atoms with Crippen molar-refractivity contribution in [1.82, 2.24) is 0 Å². The van der Waals surface area contributed by atoms with Crippen LogP contribution in [0.1, 0.15) is 18.6 Å². The van der Waals surface area contributed by atoms with E-state index in [1.165, 1.54) is 0 Å². The summed E-state index contributed by atoms with van der Waals surface area (Å²) in [4.78, 5) is 11.1. The molecule has 2 nitrogen and oxygen atoms in total. The SMILES string of the molecule is C[C@@]1(Br)C(=O)O[C@@H]1c1ccccc1. The Morgan fingerprint density at radius 3 is 2.46 bits per heavy atom. The van der Waals surface area contributed by atoms with Gasteiger partial charge in [0.1, 0.15) is 0 Å². The fourth-order valence-electron chi connectivity index (χ4n) is 1.39. The van der Waals surface area contributed by atoms with Gasteiger partial charge in [-0.25, -0.2) is 0 Å². The standard InChI is InChI=1S/C10H9BrO2/c1-10(11)8(13-9(10)12)7-5-3-2-4-6-7/h2-6,8H,1H3/t8-,10+/m1/s1. The summed E-state index contributed by atoms with van der Waals surface area (Å²) in [5, 5.41) is 0. The van der Waals surface area contributed by atoms with Gasteiger partial charge in [-0.15, -0.1) is 0 Å². The van der Waals surface area contributed by atoms with E-state index in [9.17, 15) is 4.79 Å². The van der Waals surface area contributed by atoms with Crippen molar-refractivity contribution in [3.05, 3.63) is 35.9 Å². The van der Waals surface area contributed by atoms with Crippen LogP contribution in [0.4, 0.5) is 0 Å². The van der Waals surface area contributed by atoms with Gasteiger partial charge < -0.3 is 4.74 Å². The molecule has 1 fully saturated rings. The highest BCUT2D eigenvalue weighted by Gasteiger charge is 2.53. The predicted octanol–water partition coefficient (Wildman–Crippen LogP) is 2.44. The monoisotopic (exact) mass is 240 g/mol. The topological polar surface area (TPSA) is 26.3 Å². The molecule has 68 valence electrons. The molecule has 1 aliphatic rings. The van der Waals surface area contributed by atoms with Gasteiger partial charge in [-0.05, 0) is 12.5 Å². The number of halogens is 1. The molecular weight excluding hydrogens is 232 g/mol. The lowest BCUT2D eigenvalue weighted by Gasteiger charge is -2.40. The van der Waals surface area contributed by atoms with Crippen molar-refractivity contribution in [2.45, 2.75) is 17.4 Å². The third kappa shape index (κ3) is 1.27. The maximum Gasteiger partial charge on any atom is 0.327 e. The lowest BCUT2D eigenvalue weighted by atomic mass is 9.92. The number of hydrogen-bond donors (Lipinski definition) is 0. The molecule has 1 heterocycles. The highest BCUT2D eigenvalue weighted by atomic mass is 79.9. The summed E-state index contributed by atoms with van der Waals surface area (Å²) in [7, 11) is 0. The summed E-state index contributed by atoms with van der Waals surface area (Å²) in [6, 6.07) is 9.72. The number of cyclic esters (lactones) is 1. The maximum atomic E-state index is 11.1. The Morgan fingerprint density at radius 1 is 1.38 bits per heavy atom. The van der Waals surface area contributed by atoms with Gasteiger partial charge in [-0.2, -0.15) is 0 Å². The first-order chi connectivity index (χ1) is 6.12. The Balaban J connectivity index is 2.27. The molecule has 0 saturated carbocycles. The van der Waals surface area contributed by atoms with Crippen LogP contribution in [0.3, 0.4) is 0 Å². The molecule has 1 aromatic rings. The highest BCUT2D eigenvalue weighted by Crippen LogP contribution is 2.46. The van der Waals surface area contributed by atoms with E-state index in [2.05, 4.69) is 15.9 Å². The molecular formula is C10H9BrO2. The minimum absolute atomic E-state index is 0.152. The van der Waals surface area contributed by atoms with Gasteiger partial charge in [0, 0.05) is 0 Å². The predicted molar refractivity (Wildman–Crippen MR) is 52.6 cm³/mol. The van der Waals surface area contributed by atoms with Crippen LogP contribution in [0, 0.1) is 0 Å². The van der Waals surface area contributed by atoms with Crippen LogP contribution in [0.15, 0.2) is 30.3 Å². The molecule has 1 saturated heterocycles. The van der Waals surface area contributed by atoms with Crippen LogP contribution in [0.2, 0.25) is 0 Å². The van der Waals surface area contributed by atoms with Crippen molar-refractivity contribution >= 4 is 21.9 Å². The minimum atomic E-state index is -0.547. The van der Waals surface area contributed by atoms with E-state index in [1.54, 1.807) is 0 Å². The third-order valence-electron chi connectivity index (χ3n) is 2.22. The molecule has 0 radical (unpaired) electrons. The molecule has 3 heteroatoms. The number of hydrogen-bond acceptors (Lipinski definition) is 2. The Kier molecular flexibility index (Phi) is 1.91. The minimum Gasteiger partial charge on any atom is -0.454 e. The average molecular weight is 241 g/mol. The van der Waals surface area contributed by atoms with Gasteiger partial charge in [-0.3, -0.25) is 4.79 Å². The van der Waals surface area contributed by atoms with Crippen molar-refractivity contribution < 1.29 is 9.53 Å². The summed E-state index contributed by atoms with van der Waals surface area (Å²) < 4.78 is 4.51. The molecule has 0 spiro atoms. The van der Waals surface area contributed by atoms with E-state index in [-0.39, 0.29) is 12.1 Å². The van der Waals surface area contributed by atoms with Gasteiger partial charge >= 0.3 is 5.97 Å². The van der Waals surface area contributed by atoms with Gasteiger partial charge in [0.25, 0.3) is 0 Å². The normalized spacial score (nSPS) is 32.2. The average Bonchev–Trinajstić information content (AvgIpc) is 2.15. The number of benzene rings is 1. The number of carbonyl (C=O) groups is 1. The zero-order valence-corrected chi connectivity index (χ0v) is 8.74. The van der Waals surface area contributed by atoms with E-state index in [0.717, 1.165) is 5.56 Å². The van der Waals surface area contributed by atoms with Gasteiger partial charge in [0.05, 0.1) is 0 Å². The smallest absolute Gasteiger partial charge is 0.327 e. The molecule has 1 aromatic carbocycles. The fraction of sp³-hybridized carbons (Fsp3) is 0.300. The molecule has 0 aromatic heterocycles. The molecule has 13 heavy (non-hydrogen) atoms. The molecule has 0 bridgehead atoms. The van der Waals surface area contributed by atoms with Crippen LogP contribution >= 0.6 is 15.9 Å². The number of ether oxygens (including phenoxy) is 1. The van der Waals surface area contributed by atoms with Crippen molar-refractivity contribution in [1.29, 1.82) is 0 Å². The zero-order valence-electron chi connectivity index (χ0n) is 7.16. The molecule has 0 aliphatic carbocycles. The van der Waals surface area contributed by atoms with Crippen LogP contribution < -0.4 is 0 Å². The molecule has 2 atom stereocenters. The second kappa shape index (κ2) is 2.84. The van der Waals surface area contributed by atoms with E-state index in [1.807, 2.05) is 37.3 Å². The van der Waals surface area contributed by atoms with Crippen LogP contribution in [0.25, 0.3) is 0 Å². The second-order valence-corrected chi connectivity index (χ2v) is 4.92. The van der Waals surface area contributed by atoms with Gasteiger partial charge in [0.2, 0.25) is 0 Å². The number of carbonyl (C=O) groups excluding carboxylic acids is 1. The first-order valence-corrected chi connectivity index (χ1v) is 4.86. The Bertz CT molecular complexity index is 332. The summed E-state index contributed by atoms with van der Waals surface area (Å²) in [6.07, 6.45) is -0.152. The number of esters is 1. The number of alkyl halides is 1. The van der Waals surface area contributed by atoms with Crippen molar-refractivity contribution in [3.63, 3.8) is 0 Å². The van der Waals surface area contributed by atoms with Crippen molar-refractivity contribution in [3.8, 4) is 0 Å². The van der Waals surface area contributed by atoms with E-state index >= 15 is 0 Å². The summed E-state index contributed by atoms with van der Waals surface area (Å²) in [5.41, 5.74) is 1.03.